The van der Waals surface area contributed by atoms with E-state index in [1.807, 2.05) is 6.92 Å². The molecule has 0 aliphatic carbocycles. The van der Waals surface area contributed by atoms with E-state index in [4.69, 9.17) is 9.47 Å². The molecule has 0 unspecified atom stereocenters. The molecule has 0 radical (unpaired) electrons. The van der Waals surface area contributed by atoms with Gasteiger partial charge in [0.2, 0.25) is 0 Å². The topological polar surface area (TPSA) is 47.6 Å². The fourth-order valence-corrected chi connectivity index (χ4v) is 1.76. The highest BCUT2D eigenvalue weighted by molar-refractivity contribution is 5.92. The van der Waals surface area contributed by atoms with Crippen LogP contribution in [-0.4, -0.2) is 19.1 Å². The number of hydrogen-bond donors (Lipinski definition) is 1. The van der Waals surface area contributed by atoms with E-state index in [2.05, 4.69) is 5.32 Å². The van der Waals surface area contributed by atoms with Crippen LogP contribution in [0.5, 0.6) is 11.5 Å². The number of halogens is 3. The smallest absolute Gasteiger partial charge is 0.262 e. The Bertz CT molecular complexity index is 690. The monoisotopic (exact) mass is 325 g/mol. The van der Waals surface area contributed by atoms with E-state index < -0.39 is 35.7 Å². The molecule has 4 nitrogen and oxygen atoms in total. The lowest BCUT2D eigenvalue weighted by atomic mass is 10.3. The number of benzene rings is 2. The lowest BCUT2D eigenvalue weighted by Crippen LogP contribution is -2.21. The average Bonchev–Trinajstić information content (AvgIpc) is 2.55. The number of carbonyl (C=O) groups is 1. The molecule has 0 aromatic heterocycles. The van der Waals surface area contributed by atoms with Crippen LogP contribution in [0.4, 0.5) is 18.9 Å². The van der Waals surface area contributed by atoms with Gasteiger partial charge in [0.15, 0.2) is 24.1 Å². The molecule has 1 N–H and O–H groups in total. The zero-order chi connectivity index (χ0) is 16.8. The van der Waals surface area contributed by atoms with Crippen molar-refractivity contribution in [2.75, 3.05) is 18.5 Å². The van der Waals surface area contributed by atoms with Crippen LogP contribution >= 0.6 is 0 Å². The van der Waals surface area contributed by atoms with E-state index in [9.17, 15) is 18.0 Å². The standard InChI is InChI=1S/C16H14F3NO3/c1-2-22-10-3-5-11(6-4-10)23-9-14(21)20-13-8-7-12(17)15(18)16(13)19/h3-8H,2,9H2,1H3,(H,20,21). The van der Waals surface area contributed by atoms with Crippen molar-refractivity contribution in [2.24, 2.45) is 0 Å². The molecule has 0 saturated carbocycles. The molecule has 1 amide bonds. The summed E-state index contributed by atoms with van der Waals surface area (Å²) in [6.45, 7) is 1.97. The van der Waals surface area contributed by atoms with Gasteiger partial charge >= 0.3 is 0 Å². The van der Waals surface area contributed by atoms with Crippen molar-refractivity contribution in [3.05, 3.63) is 53.8 Å². The molecular formula is C16H14F3NO3. The molecule has 0 aliphatic rings. The number of anilines is 1. The minimum atomic E-state index is -1.64. The lowest BCUT2D eigenvalue weighted by Gasteiger charge is -2.09. The molecule has 2 aromatic carbocycles. The van der Waals surface area contributed by atoms with Crippen LogP contribution in [0, 0.1) is 17.5 Å². The average molecular weight is 325 g/mol. The first-order valence-corrected chi connectivity index (χ1v) is 6.80. The molecule has 122 valence electrons. The summed E-state index contributed by atoms with van der Waals surface area (Å²) < 4.78 is 49.7. The van der Waals surface area contributed by atoms with E-state index in [1.54, 1.807) is 24.3 Å². The van der Waals surface area contributed by atoms with Crippen LogP contribution in [0.15, 0.2) is 36.4 Å². The minimum Gasteiger partial charge on any atom is -0.494 e. The van der Waals surface area contributed by atoms with Gasteiger partial charge in [0.25, 0.3) is 5.91 Å². The van der Waals surface area contributed by atoms with Crippen molar-refractivity contribution in [3.63, 3.8) is 0 Å². The second-order valence-electron chi connectivity index (χ2n) is 4.46. The van der Waals surface area contributed by atoms with E-state index >= 15 is 0 Å². The SMILES string of the molecule is CCOc1ccc(OCC(=O)Nc2ccc(F)c(F)c2F)cc1. The zero-order valence-electron chi connectivity index (χ0n) is 12.2. The number of rotatable bonds is 6. The molecular weight excluding hydrogens is 311 g/mol. The summed E-state index contributed by atoms with van der Waals surface area (Å²) in [5.41, 5.74) is -0.454. The lowest BCUT2D eigenvalue weighted by molar-refractivity contribution is -0.118. The molecule has 0 saturated heterocycles. The number of ether oxygens (including phenoxy) is 2. The van der Waals surface area contributed by atoms with Crippen LogP contribution < -0.4 is 14.8 Å². The predicted molar refractivity (Wildman–Crippen MR) is 78.1 cm³/mol. The largest absolute Gasteiger partial charge is 0.494 e. The summed E-state index contributed by atoms with van der Waals surface area (Å²) in [6, 6.07) is 8.22. The number of amides is 1. The van der Waals surface area contributed by atoms with Gasteiger partial charge in [-0.25, -0.2) is 13.2 Å². The van der Waals surface area contributed by atoms with Crippen molar-refractivity contribution in [3.8, 4) is 11.5 Å². The fraction of sp³-hybridized carbons (Fsp3) is 0.188. The molecule has 2 aromatic rings. The Labute approximate surface area is 130 Å². The van der Waals surface area contributed by atoms with Crippen molar-refractivity contribution in [1.82, 2.24) is 0 Å². The molecule has 0 spiro atoms. The first-order chi connectivity index (χ1) is 11.0. The summed E-state index contributed by atoms with van der Waals surface area (Å²) >= 11 is 0. The molecule has 7 heteroatoms. The highest BCUT2D eigenvalue weighted by atomic mass is 19.2. The number of carbonyl (C=O) groups excluding carboxylic acids is 1. The quantitative estimate of drug-likeness (QED) is 0.827. The minimum absolute atomic E-state index is 0.410. The Morgan fingerprint density at radius 3 is 2.17 bits per heavy atom. The Balaban J connectivity index is 1.91. The van der Waals surface area contributed by atoms with Gasteiger partial charge in [0.05, 0.1) is 12.3 Å². The van der Waals surface area contributed by atoms with Gasteiger partial charge in [-0.3, -0.25) is 4.79 Å². The van der Waals surface area contributed by atoms with Crippen molar-refractivity contribution in [1.29, 1.82) is 0 Å². The van der Waals surface area contributed by atoms with Gasteiger partial charge in [-0.15, -0.1) is 0 Å². The van der Waals surface area contributed by atoms with Gasteiger partial charge in [0, 0.05) is 0 Å². The maximum Gasteiger partial charge on any atom is 0.262 e. The van der Waals surface area contributed by atoms with Crippen LogP contribution in [0.3, 0.4) is 0 Å². The first-order valence-electron chi connectivity index (χ1n) is 6.80. The molecule has 0 bridgehead atoms. The van der Waals surface area contributed by atoms with Gasteiger partial charge in [0.1, 0.15) is 11.5 Å². The summed E-state index contributed by atoms with van der Waals surface area (Å²) in [4.78, 5) is 11.7. The van der Waals surface area contributed by atoms with Crippen LogP contribution in [0.2, 0.25) is 0 Å². The Hall–Kier alpha value is -2.70. The molecule has 0 atom stereocenters. The van der Waals surface area contributed by atoms with E-state index in [0.29, 0.717) is 18.1 Å². The third-order valence-electron chi connectivity index (χ3n) is 2.81. The summed E-state index contributed by atoms with van der Waals surface area (Å²) in [5.74, 6) is -4.06. The van der Waals surface area contributed by atoms with Crippen molar-refractivity contribution in [2.45, 2.75) is 6.92 Å². The third-order valence-corrected chi connectivity index (χ3v) is 2.81. The second-order valence-corrected chi connectivity index (χ2v) is 4.46. The molecule has 23 heavy (non-hydrogen) atoms. The van der Waals surface area contributed by atoms with Crippen LogP contribution in [0.25, 0.3) is 0 Å². The van der Waals surface area contributed by atoms with E-state index in [1.165, 1.54) is 0 Å². The van der Waals surface area contributed by atoms with E-state index in [0.717, 1.165) is 12.1 Å². The number of hydrogen-bond acceptors (Lipinski definition) is 3. The maximum atomic E-state index is 13.4. The van der Waals surface area contributed by atoms with Crippen LogP contribution in [0.1, 0.15) is 6.92 Å². The summed E-state index contributed by atoms with van der Waals surface area (Å²) in [5, 5.41) is 2.11. The summed E-state index contributed by atoms with van der Waals surface area (Å²) in [6.07, 6.45) is 0. The normalized spacial score (nSPS) is 10.3. The van der Waals surface area contributed by atoms with E-state index in [-0.39, 0.29) is 0 Å². The molecule has 0 aliphatic heterocycles. The predicted octanol–water partition coefficient (Wildman–Crippen LogP) is 3.52. The highest BCUT2D eigenvalue weighted by Gasteiger charge is 2.15. The summed E-state index contributed by atoms with van der Waals surface area (Å²) in [7, 11) is 0. The molecule has 0 heterocycles. The van der Waals surface area contributed by atoms with Gasteiger partial charge in [-0.1, -0.05) is 0 Å². The van der Waals surface area contributed by atoms with Crippen LogP contribution in [-0.2, 0) is 4.79 Å². The van der Waals surface area contributed by atoms with Gasteiger partial charge in [-0.2, -0.15) is 0 Å². The first kappa shape index (κ1) is 16.7. The number of nitrogens with one attached hydrogen (secondary N) is 1. The molecule has 0 fully saturated rings. The maximum absolute atomic E-state index is 13.4. The zero-order valence-corrected chi connectivity index (χ0v) is 12.2. The highest BCUT2D eigenvalue weighted by Crippen LogP contribution is 2.20. The fourth-order valence-electron chi connectivity index (χ4n) is 1.76. The van der Waals surface area contributed by atoms with Gasteiger partial charge in [-0.05, 0) is 43.3 Å². The molecule has 2 rings (SSSR count). The van der Waals surface area contributed by atoms with Crippen molar-refractivity contribution >= 4 is 11.6 Å². The van der Waals surface area contributed by atoms with Crippen molar-refractivity contribution < 1.29 is 27.4 Å². The Morgan fingerprint density at radius 2 is 1.57 bits per heavy atom. The second kappa shape index (κ2) is 7.53. The third kappa shape index (κ3) is 4.38. The van der Waals surface area contributed by atoms with Gasteiger partial charge < -0.3 is 14.8 Å². The Kier molecular flexibility index (Phi) is 5.46. The Morgan fingerprint density at radius 1 is 0.957 bits per heavy atom.